The van der Waals surface area contributed by atoms with E-state index in [-0.39, 0.29) is 5.91 Å². The van der Waals surface area contributed by atoms with Crippen LogP contribution >= 0.6 is 11.3 Å². The molecule has 3 heterocycles. The number of nitrogens with zero attached hydrogens (tertiary/aromatic N) is 3. The molecule has 5 nitrogen and oxygen atoms in total. The summed E-state index contributed by atoms with van der Waals surface area (Å²) in [6.45, 7) is 3.63. The lowest BCUT2D eigenvalue weighted by Crippen LogP contribution is -2.54. The zero-order valence-corrected chi connectivity index (χ0v) is 14.9. The van der Waals surface area contributed by atoms with Crippen molar-refractivity contribution in [3.05, 3.63) is 46.3 Å². The average molecular weight is 345 g/mol. The van der Waals surface area contributed by atoms with Gasteiger partial charge in [0.2, 0.25) is 0 Å². The maximum atomic E-state index is 12.6. The Morgan fingerprint density at radius 3 is 2.96 bits per heavy atom. The van der Waals surface area contributed by atoms with Gasteiger partial charge in [-0.3, -0.25) is 4.79 Å². The van der Waals surface area contributed by atoms with Crippen molar-refractivity contribution < 1.29 is 9.90 Å². The summed E-state index contributed by atoms with van der Waals surface area (Å²) in [5.74, 6) is 0.851. The molecule has 3 rings (SSSR count). The summed E-state index contributed by atoms with van der Waals surface area (Å²) < 4.78 is 0. The van der Waals surface area contributed by atoms with Crippen LogP contribution in [0.5, 0.6) is 0 Å². The molecule has 1 atom stereocenters. The number of carbonyl (C=O) groups excluding carboxylic acids is 1. The van der Waals surface area contributed by atoms with Gasteiger partial charge < -0.3 is 14.9 Å². The third-order valence-corrected chi connectivity index (χ3v) is 5.47. The number of hydrogen-bond acceptors (Lipinski definition) is 5. The van der Waals surface area contributed by atoms with Gasteiger partial charge >= 0.3 is 0 Å². The lowest BCUT2D eigenvalue weighted by molar-refractivity contribution is -0.0000291. The van der Waals surface area contributed by atoms with E-state index in [9.17, 15) is 9.90 Å². The van der Waals surface area contributed by atoms with Crippen LogP contribution in [0.1, 0.15) is 28.1 Å². The lowest BCUT2D eigenvalue weighted by atomic mass is 9.92. The van der Waals surface area contributed by atoms with Crippen LogP contribution < -0.4 is 4.90 Å². The van der Waals surface area contributed by atoms with Gasteiger partial charge in [0.1, 0.15) is 5.82 Å². The standard InChI is InChI=1S/C18H23N3O2S/c1-14-7-11-24-16(14)17(22)20(2)12-18(23)8-5-10-21(13-18)15-6-3-4-9-19-15/h3-4,6-7,9,11,23H,5,8,10,12-13H2,1-2H3. The first-order valence-corrected chi connectivity index (χ1v) is 9.04. The molecule has 128 valence electrons. The second-order valence-electron chi connectivity index (χ2n) is 6.53. The fourth-order valence-corrected chi connectivity index (χ4v) is 4.18. The highest BCUT2D eigenvalue weighted by molar-refractivity contribution is 7.12. The number of thiophene rings is 1. The average Bonchev–Trinajstić information content (AvgIpc) is 3.00. The molecule has 0 aromatic carbocycles. The molecule has 6 heteroatoms. The number of anilines is 1. The van der Waals surface area contributed by atoms with Gasteiger partial charge in [0.15, 0.2) is 0 Å². The van der Waals surface area contributed by atoms with Gasteiger partial charge in [-0.05, 0) is 48.9 Å². The third kappa shape index (κ3) is 3.60. The molecule has 2 aromatic heterocycles. The summed E-state index contributed by atoms with van der Waals surface area (Å²) in [5, 5.41) is 13.0. The number of aliphatic hydroxyl groups is 1. The fraction of sp³-hybridized carbons (Fsp3) is 0.444. The molecule has 24 heavy (non-hydrogen) atoms. The minimum Gasteiger partial charge on any atom is -0.386 e. The van der Waals surface area contributed by atoms with E-state index in [1.807, 2.05) is 36.6 Å². The van der Waals surface area contributed by atoms with Gasteiger partial charge in [-0.15, -0.1) is 11.3 Å². The highest BCUT2D eigenvalue weighted by Crippen LogP contribution is 2.26. The van der Waals surface area contributed by atoms with Gasteiger partial charge in [0, 0.05) is 26.3 Å². The zero-order chi connectivity index (χ0) is 17.2. The van der Waals surface area contributed by atoms with E-state index < -0.39 is 5.60 Å². The van der Waals surface area contributed by atoms with E-state index in [0.717, 1.165) is 29.2 Å². The molecule has 0 saturated carbocycles. The molecular weight excluding hydrogens is 322 g/mol. The van der Waals surface area contributed by atoms with Crippen molar-refractivity contribution in [1.29, 1.82) is 0 Å². The van der Waals surface area contributed by atoms with Gasteiger partial charge in [0.05, 0.1) is 17.0 Å². The summed E-state index contributed by atoms with van der Waals surface area (Å²) in [5.41, 5.74) is 0.0772. The molecule has 0 aliphatic carbocycles. The predicted octanol–water partition coefficient (Wildman–Crippen LogP) is 2.56. The van der Waals surface area contributed by atoms with Crippen LogP contribution in [0.15, 0.2) is 35.8 Å². The Labute approximate surface area is 146 Å². The number of aryl methyl sites for hydroxylation is 1. The highest BCUT2D eigenvalue weighted by Gasteiger charge is 2.36. The second kappa shape index (κ2) is 6.91. The van der Waals surface area contributed by atoms with Crippen molar-refractivity contribution in [3.63, 3.8) is 0 Å². The van der Waals surface area contributed by atoms with Gasteiger partial charge in [-0.25, -0.2) is 4.98 Å². The predicted molar refractivity (Wildman–Crippen MR) is 96.7 cm³/mol. The molecule has 1 aliphatic heterocycles. The van der Waals surface area contributed by atoms with Crippen LogP contribution in [-0.4, -0.2) is 53.2 Å². The maximum absolute atomic E-state index is 12.6. The summed E-state index contributed by atoms with van der Waals surface area (Å²) in [7, 11) is 1.76. The Kier molecular flexibility index (Phi) is 4.87. The normalized spacial score (nSPS) is 20.9. The molecule has 1 amide bonds. The van der Waals surface area contributed by atoms with Crippen LogP contribution in [0, 0.1) is 6.92 Å². The number of rotatable bonds is 4. The minimum absolute atomic E-state index is 0.0223. The van der Waals surface area contributed by atoms with E-state index >= 15 is 0 Å². The number of pyridine rings is 1. The Morgan fingerprint density at radius 2 is 2.29 bits per heavy atom. The molecule has 1 N–H and O–H groups in total. The summed E-state index contributed by atoms with van der Waals surface area (Å²) in [4.78, 5) is 21.4. The summed E-state index contributed by atoms with van der Waals surface area (Å²) in [6.07, 6.45) is 3.34. The lowest BCUT2D eigenvalue weighted by Gasteiger charge is -2.41. The number of aromatic nitrogens is 1. The fourth-order valence-electron chi connectivity index (χ4n) is 3.26. The van der Waals surface area contributed by atoms with Gasteiger partial charge in [-0.2, -0.15) is 0 Å². The van der Waals surface area contributed by atoms with Gasteiger partial charge in [0.25, 0.3) is 5.91 Å². The Bertz CT molecular complexity index is 703. The third-order valence-electron chi connectivity index (χ3n) is 4.46. The number of likely N-dealkylation sites (N-methyl/N-ethyl adjacent to an activating group) is 1. The van der Waals surface area contributed by atoms with Crippen LogP contribution in [0.4, 0.5) is 5.82 Å². The Balaban J connectivity index is 1.69. The SMILES string of the molecule is Cc1ccsc1C(=O)N(C)CC1(O)CCCN(c2ccccn2)C1. The molecule has 2 aromatic rings. The molecule has 1 aliphatic rings. The first-order chi connectivity index (χ1) is 11.5. The van der Waals surface area contributed by atoms with E-state index in [1.165, 1.54) is 11.3 Å². The van der Waals surface area contributed by atoms with Crippen LogP contribution in [0.25, 0.3) is 0 Å². The van der Waals surface area contributed by atoms with E-state index in [2.05, 4.69) is 9.88 Å². The van der Waals surface area contributed by atoms with Crippen molar-refractivity contribution in [3.8, 4) is 0 Å². The number of piperidine rings is 1. The van der Waals surface area contributed by atoms with Crippen LogP contribution in [0.3, 0.4) is 0 Å². The monoisotopic (exact) mass is 345 g/mol. The van der Waals surface area contributed by atoms with E-state index in [4.69, 9.17) is 0 Å². The molecule has 0 spiro atoms. The molecule has 1 unspecified atom stereocenters. The minimum atomic E-state index is -0.911. The zero-order valence-electron chi connectivity index (χ0n) is 14.1. The number of amides is 1. The largest absolute Gasteiger partial charge is 0.386 e. The van der Waals surface area contributed by atoms with Crippen molar-refractivity contribution in [2.24, 2.45) is 0 Å². The smallest absolute Gasteiger partial charge is 0.264 e. The quantitative estimate of drug-likeness (QED) is 0.925. The molecule has 1 saturated heterocycles. The summed E-state index contributed by atoms with van der Waals surface area (Å²) >= 11 is 1.45. The van der Waals surface area contributed by atoms with Crippen molar-refractivity contribution in [2.45, 2.75) is 25.4 Å². The molecule has 0 radical (unpaired) electrons. The Hall–Kier alpha value is -1.92. The van der Waals surface area contributed by atoms with Crippen molar-refractivity contribution in [1.82, 2.24) is 9.88 Å². The van der Waals surface area contributed by atoms with Crippen LogP contribution in [0.2, 0.25) is 0 Å². The number of β-amino-alcohol motifs (C(OH)–C–C–N with tert-alkyl or cyclic N) is 1. The molecule has 1 fully saturated rings. The molecule has 0 bridgehead atoms. The van der Waals surface area contributed by atoms with Crippen molar-refractivity contribution >= 4 is 23.1 Å². The summed E-state index contributed by atoms with van der Waals surface area (Å²) in [6, 6.07) is 7.74. The van der Waals surface area contributed by atoms with Gasteiger partial charge in [-0.1, -0.05) is 6.07 Å². The topological polar surface area (TPSA) is 56.7 Å². The van der Waals surface area contributed by atoms with E-state index in [0.29, 0.717) is 19.5 Å². The maximum Gasteiger partial charge on any atom is 0.264 e. The number of carbonyl (C=O) groups is 1. The number of hydrogen-bond donors (Lipinski definition) is 1. The second-order valence-corrected chi connectivity index (χ2v) is 7.45. The van der Waals surface area contributed by atoms with E-state index in [1.54, 1.807) is 18.1 Å². The Morgan fingerprint density at radius 1 is 1.46 bits per heavy atom. The first kappa shape index (κ1) is 16.9. The highest BCUT2D eigenvalue weighted by atomic mass is 32.1. The van der Waals surface area contributed by atoms with Crippen LogP contribution in [-0.2, 0) is 0 Å². The molecular formula is C18H23N3O2S. The first-order valence-electron chi connectivity index (χ1n) is 8.16. The van der Waals surface area contributed by atoms with Crippen molar-refractivity contribution in [2.75, 3.05) is 31.6 Å².